The summed E-state index contributed by atoms with van der Waals surface area (Å²) in [4.78, 5) is 6.06. The third kappa shape index (κ3) is 1.77. The molecule has 5 nitrogen and oxygen atoms in total. The molecule has 0 bridgehead atoms. The minimum atomic E-state index is 0.421. The summed E-state index contributed by atoms with van der Waals surface area (Å²) in [6.07, 6.45) is 1.52. The highest BCUT2D eigenvalue weighted by Crippen LogP contribution is 2.06. The van der Waals surface area contributed by atoms with Gasteiger partial charge in [-0.1, -0.05) is 0 Å². The minimum absolute atomic E-state index is 0.421. The highest BCUT2D eigenvalue weighted by atomic mass is 16.5. The summed E-state index contributed by atoms with van der Waals surface area (Å²) < 4.78 is 10.3. The molecule has 1 aliphatic heterocycles. The molecule has 0 amide bonds. The molecule has 0 atom stereocenters. The van der Waals surface area contributed by atoms with Gasteiger partial charge < -0.3 is 14.1 Å². The Morgan fingerprint density at radius 2 is 2.21 bits per heavy atom. The number of oxazole rings is 1. The van der Waals surface area contributed by atoms with Gasteiger partial charge in [-0.15, -0.1) is 0 Å². The van der Waals surface area contributed by atoms with E-state index in [-0.39, 0.29) is 0 Å². The smallest absolute Gasteiger partial charge is 0.191 e. The Kier molecular flexibility index (Phi) is 2.49. The first-order valence-electron chi connectivity index (χ1n) is 4.61. The van der Waals surface area contributed by atoms with Crippen molar-refractivity contribution in [3.05, 3.63) is 17.8 Å². The summed E-state index contributed by atoms with van der Waals surface area (Å²) in [5.74, 6) is 1.02. The topological polar surface area (TPSA) is 62.4 Å². The van der Waals surface area contributed by atoms with E-state index in [4.69, 9.17) is 14.6 Å². The van der Waals surface area contributed by atoms with Crippen molar-refractivity contribution in [1.29, 1.82) is 5.41 Å². The van der Waals surface area contributed by atoms with Crippen LogP contribution in [-0.4, -0.2) is 42.0 Å². The molecule has 1 saturated heterocycles. The lowest BCUT2D eigenvalue weighted by Crippen LogP contribution is -2.40. The Morgan fingerprint density at radius 3 is 2.79 bits per heavy atom. The molecule has 14 heavy (non-hydrogen) atoms. The molecular formula is C9H13N3O2. The molecule has 2 heterocycles. The second kappa shape index (κ2) is 3.79. The standard InChI is InChI=1S/C9H13N3O2/c1-7-11-8(6-14-7)9(10)12-2-4-13-5-3-12/h6,10H,2-5H2,1H3. The maximum Gasteiger partial charge on any atom is 0.191 e. The fraction of sp³-hybridized carbons (Fsp3) is 0.556. The van der Waals surface area contributed by atoms with Crippen molar-refractivity contribution >= 4 is 5.84 Å². The van der Waals surface area contributed by atoms with Gasteiger partial charge in [0.2, 0.25) is 0 Å². The van der Waals surface area contributed by atoms with Gasteiger partial charge in [0, 0.05) is 20.0 Å². The van der Waals surface area contributed by atoms with E-state index in [1.165, 1.54) is 6.26 Å². The molecule has 1 fully saturated rings. The lowest BCUT2D eigenvalue weighted by molar-refractivity contribution is 0.0679. The van der Waals surface area contributed by atoms with Crippen molar-refractivity contribution in [2.24, 2.45) is 0 Å². The first-order valence-corrected chi connectivity index (χ1v) is 4.61. The van der Waals surface area contributed by atoms with Crippen molar-refractivity contribution in [1.82, 2.24) is 9.88 Å². The number of morpholine rings is 1. The van der Waals surface area contributed by atoms with Gasteiger partial charge in [-0.05, 0) is 0 Å². The van der Waals surface area contributed by atoms with Crippen LogP contribution >= 0.6 is 0 Å². The molecule has 2 rings (SSSR count). The number of amidine groups is 1. The van der Waals surface area contributed by atoms with Crippen molar-refractivity contribution in [2.75, 3.05) is 26.3 Å². The van der Waals surface area contributed by atoms with Crippen LogP contribution in [0.4, 0.5) is 0 Å². The van der Waals surface area contributed by atoms with Gasteiger partial charge in [-0.3, -0.25) is 5.41 Å². The van der Waals surface area contributed by atoms with Crippen LogP contribution in [0.2, 0.25) is 0 Å². The number of hydrogen-bond donors (Lipinski definition) is 1. The zero-order chi connectivity index (χ0) is 9.97. The number of nitrogens with one attached hydrogen (secondary N) is 1. The van der Waals surface area contributed by atoms with Gasteiger partial charge in [-0.2, -0.15) is 0 Å². The first kappa shape index (κ1) is 9.21. The molecule has 1 N–H and O–H groups in total. The highest BCUT2D eigenvalue weighted by molar-refractivity contribution is 5.94. The highest BCUT2D eigenvalue weighted by Gasteiger charge is 2.17. The monoisotopic (exact) mass is 195 g/mol. The molecule has 1 aromatic heterocycles. The third-order valence-corrected chi connectivity index (χ3v) is 2.19. The maximum absolute atomic E-state index is 7.89. The molecule has 0 aliphatic carbocycles. The average molecular weight is 195 g/mol. The predicted octanol–water partition coefficient (Wildman–Crippen LogP) is 0.641. The Bertz CT molecular complexity index is 329. The Morgan fingerprint density at radius 1 is 1.50 bits per heavy atom. The van der Waals surface area contributed by atoms with E-state index in [1.54, 1.807) is 6.92 Å². The van der Waals surface area contributed by atoms with Crippen LogP contribution in [0, 0.1) is 12.3 Å². The van der Waals surface area contributed by atoms with Crippen LogP contribution in [0.1, 0.15) is 11.6 Å². The Hall–Kier alpha value is -1.36. The second-order valence-corrected chi connectivity index (χ2v) is 3.20. The second-order valence-electron chi connectivity index (χ2n) is 3.20. The van der Waals surface area contributed by atoms with Crippen LogP contribution in [0.3, 0.4) is 0 Å². The Labute approximate surface area is 82.2 Å². The summed E-state index contributed by atoms with van der Waals surface area (Å²) in [6, 6.07) is 0. The van der Waals surface area contributed by atoms with Crippen LogP contribution in [-0.2, 0) is 4.74 Å². The SMILES string of the molecule is Cc1nc(C(=N)N2CCOCC2)co1. The maximum atomic E-state index is 7.89. The summed E-state index contributed by atoms with van der Waals surface area (Å²) in [5, 5.41) is 7.89. The van der Waals surface area contributed by atoms with Crippen LogP contribution < -0.4 is 0 Å². The molecule has 1 aliphatic rings. The van der Waals surface area contributed by atoms with Gasteiger partial charge in [0.25, 0.3) is 0 Å². The molecule has 0 aromatic carbocycles. The van der Waals surface area contributed by atoms with E-state index < -0.39 is 0 Å². The fourth-order valence-corrected chi connectivity index (χ4v) is 1.42. The molecule has 0 saturated carbocycles. The van der Waals surface area contributed by atoms with Crippen LogP contribution in [0.25, 0.3) is 0 Å². The summed E-state index contributed by atoms with van der Waals surface area (Å²) in [7, 11) is 0. The van der Waals surface area contributed by atoms with Crippen molar-refractivity contribution in [3.8, 4) is 0 Å². The lowest BCUT2D eigenvalue weighted by Gasteiger charge is -2.27. The number of nitrogens with zero attached hydrogens (tertiary/aromatic N) is 2. The normalized spacial score (nSPS) is 17.1. The molecule has 0 spiro atoms. The van der Waals surface area contributed by atoms with E-state index in [1.807, 2.05) is 4.90 Å². The fourth-order valence-electron chi connectivity index (χ4n) is 1.42. The first-order chi connectivity index (χ1) is 6.77. The van der Waals surface area contributed by atoms with Gasteiger partial charge >= 0.3 is 0 Å². The molecule has 76 valence electrons. The molecule has 5 heteroatoms. The van der Waals surface area contributed by atoms with Crippen LogP contribution in [0.5, 0.6) is 0 Å². The van der Waals surface area contributed by atoms with Gasteiger partial charge in [-0.25, -0.2) is 4.98 Å². The van der Waals surface area contributed by atoms with Crippen molar-refractivity contribution in [3.63, 3.8) is 0 Å². The van der Waals surface area contributed by atoms with Crippen molar-refractivity contribution < 1.29 is 9.15 Å². The van der Waals surface area contributed by atoms with Gasteiger partial charge in [0.05, 0.1) is 13.2 Å². The zero-order valence-corrected chi connectivity index (χ0v) is 8.12. The number of aromatic nitrogens is 1. The molecule has 0 radical (unpaired) electrons. The van der Waals surface area contributed by atoms with E-state index in [9.17, 15) is 0 Å². The number of ether oxygens (including phenoxy) is 1. The van der Waals surface area contributed by atoms with E-state index >= 15 is 0 Å². The van der Waals surface area contributed by atoms with Crippen molar-refractivity contribution in [2.45, 2.75) is 6.92 Å². The van der Waals surface area contributed by atoms with Gasteiger partial charge in [0.1, 0.15) is 12.0 Å². The minimum Gasteiger partial charge on any atom is -0.449 e. The number of rotatable bonds is 1. The average Bonchev–Trinajstić information content (AvgIpc) is 2.65. The number of hydrogen-bond acceptors (Lipinski definition) is 4. The van der Waals surface area contributed by atoms with Crippen LogP contribution in [0.15, 0.2) is 10.7 Å². The van der Waals surface area contributed by atoms with E-state index in [2.05, 4.69) is 4.98 Å². The lowest BCUT2D eigenvalue weighted by atomic mass is 10.3. The summed E-state index contributed by atoms with van der Waals surface area (Å²) in [5.41, 5.74) is 0.601. The van der Waals surface area contributed by atoms with E-state index in [0.29, 0.717) is 30.6 Å². The molecular weight excluding hydrogens is 182 g/mol. The largest absolute Gasteiger partial charge is 0.449 e. The predicted molar refractivity (Wildman–Crippen MR) is 50.5 cm³/mol. The molecule has 1 aromatic rings. The van der Waals surface area contributed by atoms with Gasteiger partial charge in [0.15, 0.2) is 11.7 Å². The quantitative estimate of drug-likeness (QED) is 0.527. The third-order valence-electron chi connectivity index (χ3n) is 2.19. The Balaban J connectivity index is 2.07. The zero-order valence-electron chi connectivity index (χ0n) is 8.12. The summed E-state index contributed by atoms with van der Waals surface area (Å²) >= 11 is 0. The number of aryl methyl sites for hydroxylation is 1. The summed E-state index contributed by atoms with van der Waals surface area (Å²) in [6.45, 7) is 4.64. The molecule has 0 unspecified atom stereocenters. The van der Waals surface area contributed by atoms with E-state index in [0.717, 1.165) is 13.1 Å².